The third kappa shape index (κ3) is 4.68. The number of ether oxygens (including phenoxy) is 2. The molecule has 1 N–H and O–H groups in total. The Hall–Kier alpha value is -1.14. The standard InChI is InChI=1S/C15H26N2O4/c1-11-3-5-12(6-4-11)16-14(18)9-17-7-8-21-10-13(17)15(19)20-2/h11-13H,3-10H2,1-2H3,(H,16,18). The van der Waals surface area contributed by atoms with Gasteiger partial charge < -0.3 is 14.8 Å². The largest absolute Gasteiger partial charge is 0.468 e. The predicted octanol–water partition coefficient (Wildman–Crippen LogP) is 0.555. The Labute approximate surface area is 126 Å². The van der Waals surface area contributed by atoms with Crippen LogP contribution in [-0.4, -0.2) is 62.3 Å². The van der Waals surface area contributed by atoms with Crippen LogP contribution < -0.4 is 5.32 Å². The van der Waals surface area contributed by atoms with E-state index in [4.69, 9.17) is 9.47 Å². The molecule has 6 heteroatoms. The first-order valence-corrected chi connectivity index (χ1v) is 7.79. The molecule has 0 spiro atoms. The first kappa shape index (κ1) is 16.2. The fourth-order valence-corrected chi connectivity index (χ4v) is 3.04. The van der Waals surface area contributed by atoms with Crippen molar-refractivity contribution in [3.63, 3.8) is 0 Å². The van der Waals surface area contributed by atoms with Gasteiger partial charge in [-0.25, -0.2) is 0 Å². The van der Waals surface area contributed by atoms with E-state index in [2.05, 4.69) is 12.2 Å². The van der Waals surface area contributed by atoms with E-state index in [9.17, 15) is 9.59 Å². The summed E-state index contributed by atoms with van der Waals surface area (Å²) in [7, 11) is 1.36. The first-order valence-electron chi connectivity index (χ1n) is 7.79. The molecule has 120 valence electrons. The zero-order valence-corrected chi connectivity index (χ0v) is 13.0. The van der Waals surface area contributed by atoms with Gasteiger partial charge in [0.2, 0.25) is 5.91 Å². The van der Waals surface area contributed by atoms with Crippen LogP contribution in [0, 0.1) is 5.92 Å². The molecular weight excluding hydrogens is 272 g/mol. The molecule has 1 unspecified atom stereocenters. The van der Waals surface area contributed by atoms with Gasteiger partial charge in [0.05, 0.1) is 26.9 Å². The van der Waals surface area contributed by atoms with E-state index < -0.39 is 6.04 Å². The van der Waals surface area contributed by atoms with Crippen LogP contribution in [0.2, 0.25) is 0 Å². The second-order valence-electron chi connectivity index (χ2n) is 6.11. The molecule has 2 rings (SSSR count). The Balaban J connectivity index is 1.81. The molecule has 1 heterocycles. The molecule has 2 fully saturated rings. The summed E-state index contributed by atoms with van der Waals surface area (Å²) in [6, 6.07) is -0.188. The van der Waals surface area contributed by atoms with Gasteiger partial charge in [-0.2, -0.15) is 0 Å². The SMILES string of the molecule is COC(=O)C1COCCN1CC(=O)NC1CCC(C)CC1. The highest BCUT2D eigenvalue weighted by Gasteiger charge is 2.32. The number of methoxy groups -OCH3 is 1. The van der Waals surface area contributed by atoms with Gasteiger partial charge in [-0.05, 0) is 31.6 Å². The lowest BCUT2D eigenvalue weighted by atomic mass is 9.87. The van der Waals surface area contributed by atoms with Crippen molar-refractivity contribution in [3.8, 4) is 0 Å². The van der Waals surface area contributed by atoms with Gasteiger partial charge in [0.15, 0.2) is 0 Å². The van der Waals surface area contributed by atoms with E-state index in [1.54, 1.807) is 0 Å². The van der Waals surface area contributed by atoms with Gasteiger partial charge >= 0.3 is 5.97 Å². The van der Waals surface area contributed by atoms with Crippen LogP contribution in [0.25, 0.3) is 0 Å². The smallest absolute Gasteiger partial charge is 0.325 e. The lowest BCUT2D eigenvalue weighted by molar-refractivity contribution is -0.154. The van der Waals surface area contributed by atoms with Crippen molar-refractivity contribution in [2.75, 3.05) is 33.4 Å². The molecule has 0 bridgehead atoms. The number of hydrogen-bond donors (Lipinski definition) is 1. The zero-order valence-electron chi connectivity index (χ0n) is 13.0. The van der Waals surface area contributed by atoms with Crippen LogP contribution in [0.15, 0.2) is 0 Å². The van der Waals surface area contributed by atoms with Crippen molar-refractivity contribution in [1.29, 1.82) is 0 Å². The van der Waals surface area contributed by atoms with Gasteiger partial charge in [-0.15, -0.1) is 0 Å². The number of nitrogens with zero attached hydrogens (tertiary/aromatic N) is 1. The van der Waals surface area contributed by atoms with E-state index in [0.717, 1.165) is 18.8 Å². The number of hydrogen-bond acceptors (Lipinski definition) is 5. The average Bonchev–Trinajstić information content (AvgIpc) is 2.49. The number of esters is 1. The summed E-state index contributed by atoms with van der Waals surface area (Å²) >= 11 is 0. The Morgan fingerprint density at radius 3 is 2.67 bits per heavy atom. The normalized spacial score (nSPS) is 30.7. The number of amides is 1. The minimum absolute atomic E-state index is 0.00893. The zero-order chi connectivity index (χ0) is 15.2. The summed E-state index contributed by atoms with van der Waals surface area (Å²) in [4.78, 5) is 25.7. The van der Waals surface area contributed by atoms with E-state index in [-0.39, 0.29) is 24.5 Å². The number of nitrogens with one attached hydrogen (secondary N) is 1. The van der Waals surface area contributed by atoms with E-state index in [1.807, 2.05) is 4.90 Å². The van der Waals surface area contributed by atoms with Crippen LogP contribution in [0.5, 0.6) is 0 Å². The summed E-state index contributed by atoms with van der Waals surface area (Å²) in [5.41, 5.74) is 0. The number of carbonyl (C=O) groups excluding carboxylic acids is 2. The topological polar surface area (TPSA) is 67.9 Å². The molecule has 1 aliphatic heterocycles. The van der Waals surface area contributed by atoms with Crippen LogP contribution in [0.4, 0.5) is 0 Å². The third-order valence-corrected chi connectivity index (χ3v) is 4.44. The molecule has 21 heavy (non-hydrogen) atoms. The van der Waals surface area contributed by atoms with Crippen LogP contribution in [0.3, 0.4) is 0 Å². The van der Waals surface area contributed by atoms with Crippen molar-refractivity contribution in [3.05, 3.63) is 0 Å². The predicted molar refractivity (Wildman–Crippen MR) is 77.8 cm³/mol. The van der Waals surface area contributed by atoms with E-state index in [1.165, 1.54) is 20.0 Å². The molecule has 0 aromatic heterocycles. The van der Waals surface area contributed by atoms with Crippen molar-refractivity contribution in [1.82, 2.24) is 10.2 Å². The van der Waals surface area contributed by atoms with Gasteiger partial charge in [0.25, 0.3) is 0 Å². The summed E-state index contributed by atoms with van der Waals surface area (Å²) in [6.07, 6.45) is 4.45. The molecule has 1 saturated carbocycles. The van der Waals surface area contributed by atoms with Gasteiger partial charge in [0.1, 0.15) is 6.04 Å². The van der Waals surface area contributed by atoms with Crippen LogP contribution in [-0.2, 0) is 19.1 Å². The molecule has 2 aliphatic rings. The Morgan fingerprint density at radius 1 is 1.29 bits per heavy atom. The lowest BCUT2D eigenvalue weighted by Gasteiger charge is -2.34. The Bertz CT molecular complexity index is 367. The maximum absolute atomic E-state index is 12.2. The summed E-state index contributed by atoms with van der Waals surface area (Å²) in [5.74, 6) is 0.417. The second-order valence-corrected chi connectivity index (χ2v) is 6.11. The summed E-state index contributed by atoms with van der Waals surface area (Å²) in [5, 5.41) is 3.09. The van der Waals surface area contributed by atoms with Crippen LogP contribution in [0.1, 0.15) is 32.6 Å². The molecule has 1 amide bonds. The van der Waals surface area contributed by atoms with Gasteiger partial charge in [0, 0.05) is 12.6 Å². The van der Waals surface area contributed by atoms with E-state index >= 15 is 0 Å². The molecule has 0 radical (unpaired) electrons. The lowest BCUT2D eigenvalue weighted by Crippen LogP contribution is -2.54. The highest BCUT2D eigenvalue weighted by atomic mass is 16.5. The third-order valence-electron chi connectivity index (χ3n) is 4.44. The van der Waals surface area contributed by atoms with Crippen molar-refractivity contribution in [2.24, 2.45) is 5.92 Å². The fraction of sp³-hybridized carbons (Fsp3) is 0.867. The van der Waals surface area contributed by atoms with E-state index in [0.29, 0.717) is 19.8 Å². The molecule has 6 nitrogen and oxygen atoms in total. The quantitative estimate of drug-likeness (QED) is 0.768. The molecular formula is C15H26N2O4. The van der Waals surface area contributed by atoms with Crippen molar-refractivity contribution in [2.45, 2.75) is 44.7 Å². The highest BCUT2D eigenvalue weighted by Crippen LogP contribution is 2.23. The fourth-order valence-electron chi connectivity index (χ4n) is 3.04. The first-order chi connectivity index (χ1) is 10.1. The van der Waals surface area contributed by atoms with Crippen molar-refractivity contribution >= 4 is 11.9 Å². The molecule has 0 aromatic carbocycles. The minimum Gasteiger partial charge on any atom is -0.468 e. The summed E-state index contributed by atoms with van der Waals surface area (Å²) in [6.45, 7) is 3.90. The van der Waals surface area contributed by atoms with Gasteiger partial charge in [-0.3, -0.25) is 14.5 Å². The number of carbonyl (C=O) groups is 2. The van der Waals surface area contributed by atoms with Gasteiger partial charge in [-0.1, -0.05) is 6.92 Å². The molecule has 1 aliphatic carbocycles. The molecule has 1 atom stereocenters. The Morgan fingerprint density at radius 2 is 2.00 bits per heavy atom. The average molecular weight is 298 g/mol. The molecule has 0 aromatic rings. The van der Waals surface area contributed by atoms with Crippen molar-refractivity contribution < 1.29 is 19.1 Å². The summed E-state index contributed by atoms with van der Waals surface area (Å²) < 4.78 is 10.1. The second kappa shape index (κ2) is 7.75. The number of rotatable bonds is 4. The molecule has 1 saturated heterocycles. The number of morpholine rings is 1. The maximum Gasteiger partial charge on any atom is 0.325 e. The Kier molecular flexibility index (Phi) is 5.99. The van der Waals surface area contributed by atoms with Crippen LogP contribution >= 0.6 is 0 Å². The minimum atomic E-state index is -0.471. The monoisotopic (exact) mass is 298 g/mol. The highest BCUT2D eigenvalue weighted by molar-refractivity contribution is 5.80. The maximum atomic E-state index is 12.2.